The van der Waals surface area contributed by atoms with Gasteiger partial charge in [-0.25, -0.2) is 0 Å². The van der Waals surface area contributed by atoms with Gasteiger partial charge in [-0.05, 0) is 72.7 Å². The van der Waals surface area contributed by atoms with E-state index in [9.17, 15) is 0 Å². The molecule has 3 aromatic rings. The van der Waals surface area contributed by atoms with Gasteiger partial charge in [-0.3, -0.25) is 14.9 Å². The van der Waals surface area contributed by atoms with Crippen LogP contribution in [0.1, 0.15) is 40.9 Å². The van der Waals surface area contributed by atoms with Crippen molar-refractivity contribution in [3.63, 3.8) is 0 Å². The maximum Gasteiger partial charge on any atom is 0.0739 e. The molecule has 0 atom stereocenters. The van der Waals surface area contributed by atoms with Crippen molar-refractivity contribution in [2.45, 2.75) is 32.2 Å². The third kappa shape index (κ3) is 3.85. The molecule has 3 heterocycles. The average molecular weight is 402 g/mol. The van der Waals surface area contributed by atoms with Gasteiger partial charge in [-0.1, -0.05) is 35.4 Å². The van der Waals surface area contributed by atoms with Crippen LogP contribution in [-0.2, 0) is 19.4 Å². The molecule has 0 amide bonds. The maximum absolute atomic E-state index is 6.33. The molecule has 0 unspecified atom stereocenters. The molecule has 1 aliphatic heterocycles. The Morgan fingerprint density at radius 3 is 2.48 bits per heavy atom. The Kier molecular flexibility index (Phi) is 5.17. The van der Waals surface area contributed by atoms with Gasteiger partial charge >= 0.3 is 0 Å². The van der Waals surface area contributed by atoms with Gasteiger partial charge in [-0.15, -0.1) is 0 Å². The van der Waals surface area contributed by atoms with Crippen molar-refractivity contribution >= 4 is 17.2 Å². The lowest BCUT2D eigenvalue weighted by molar-refractivity contribution is 0.246. The van der Waals surface area contributed by atoms with E-state index in [-0.39, 0.29) is 0 Å². The molecule has 5 rings (SSSR count). The number of fused-ring (bicyclic) bond motifs is 2. The molecule has 29 heavy (non-hydrogen) atoms. The van der Waals surface area contributed by atoms with Crippen molar-refractivity contribution in [1.82, 2.24) is 14.9 Å². The zero-order valence-corrected chi connectivity index (χ0v) is 17.2. The molecule has 146 valence electrons. The topological polar surface area (TPSA) is 29.0 Å². The van der Waals surface area contributed by atoms with Crippen molar-refractivity contribution in [2.75, 3.05) is 13.1 Å². The van der Waals surface area contributed by atoms with E-state index < -0.39 is 0 Å². The predicted molar refractivity (Wildman–Crippen MR) is 118 cm³/mol. The van der Waals surface area contributed by atoms with Crippen LogP contribution >= 0.6 is 11.6 Å². The molecule has 1 aliphatic carbocycles. The Hall–Kier alpha value is -2.49. The number of piperidine rings is 1. The molecule has 0 spiro atoms. The predicted octanol–water partition coefficient (Wildman–Crippen LogP) is 5.33. The van der Waals surface area contributed by atoms with E-state index in [1.807, 2.05) is 24.5 Å². The molecule has 0 radical (unpaired) electrons. The number of likely N-dealkylation sites (tertiary alicyclic amines) is 1. The Morgan fingerprint density at radius 1 is 0.828 bits per heavy atom. The maximum atomic E-state index is 6.33. The highest BCUT2D eigenvalue weighted by Gasteiger charge is 2.25. The Balaban J connectivity index is 1.49. The van der Waals surface area contributed by atoms with Gasteiger partial charge in [0.15, 0.2) is 0 Å². The van der Waals surface area contributed by atoms with Gasteiger partial charge in [0, 0.05) is 42.6 Å². The molecule has 2 aliphatic rings. The van der Waals surface area contributed by atoms with Crippen LogP contribution in [0.5, 0.6) is 0 Å². The fourth-order valence-corrected chi connectivity index (χ4v) is 4.78. The minimum absolute atomic E-state index is 0.817. The molecule has 1 saturated heterocycles. The zero-order valence-electron chi connectivity index (χ0n) is 16.4. The van der Waals surface area contributed by atoms with Crippen molar-refractivity contribution < 1.29 is 0 Å². The smallest absolute Gasteiger partial charge is 0.0739 e. The van der Waals surface area contributed by atoms with Crippen LogP contribution in [0.2, 0.25) is 5.02 Å². The fraction of sp³-hybridized carbons (Fsp3) is 0.280. The Morgan fingerprint density at radius 2 is 1.66 bits per heavy atom. The van der Waals surface area contributed by atoms with E-state index in [1.54, 1.807) is 0 Å². The van der Waals surface area contributed by atoms with Gasteiger partial charge in [0.1, 0.15) is 0 Å². The third-order valence-corrected chi connectivity index (χ3v) is 6.29. The average Bonchev–Trinajstić information content (AvgIpc) is 2.92. The molecule has 1 aromatic carbocycles. The van der Waals surface area contributed by atoms with Crippen LogP contribution in [-0.4, -0.2) is 28.0 Å². The number of benzene rings is 1. The number of aromatic nitrogens is 2. The van der Waals surface area contributed by atoms with Crippen molar-refractivity contribution in [1.29, 1.82) is 0 Å². The van der Waals surface area contributed by atoms with E-state index >= 15 is 0 Å². The third-order valence-electron chi connectivity index (χ3n) is 6.05. The standard InChI is InChI=1S/C25H24ClN3/c26-21-8-9-23-20(16-21)7-6-19-4-3-13-28-25(19)24(23)18-10-14-29(15-11-18)17-22-5-1-2-12-27-22/h1-5,8-9,12-13,16H,6-7,10-11,14-15,17H2. The molecule has 2 aromatic heterocycles. The number of hydrogen-bond acceptors (Lipinski definition) is 3. The first kappa shape index (κ1) is 18.5. The summed E-state index contributed by atoms with van der Waals surface area (Å²) in [6.45, 7) is 3.03. The number of nitrogens with zero attached hydrogens (tertiary/aromatic N) is 3. The van der Waals surface area contributed by atoms with E-state index in [0.29, 0.717) is 0 Å². The highest BCUT2D eigenvalue weighted by atomic mass is 35.5. The van der Waals surface area contributed by atoms with E-state index in [1.165, 1.54) is 33.5 Å². The van der Waals surface area contributed by atoms with Crippen LogP contribution in [0.25, 0.3) is 5.57 Å². The minimum Gasteiger partial charge on any atom is -0.297 e. The molecule has 0 bridgehead atoms. The molecule has 0 N–H and O–H groups in total. The quantitative estimate of drug-likeness (QED) is 0.581. The highest BCUT2D eigenvalue weighted by Crippen LogP contribution is 2.38. The largest absolute Gasteiger partial charge is 0.297 e. The molecule has 1 fully saturated rings. The molecule has 3 nitrogen and oxygen atoms in total. The number of hydrogen-bond donors (Lipinski definition) is 0. The summed E-state index contributed by atoms with van der Waals surface area (Å²) in [6.07, 6.45) is 7.97. The van der Waals surface area contributed by atoms with Gasteiger partial charge in [0.25, 0.3) is 0 Å². The molecular weight excluding hydrogens is 378 g/mol. The van der Waals surface area contributed by atoms with Gasteiger partial charge in [0.2, 0.25) is 0 Å². The highest BCUT2D eigenvalue weighted by molar-refractivity contribution is 6.30. The zero-order chi connectivity index (χ0) is 19.6. The number of pyridine rings is 2. The fourth-order valence-electron chi connectivity index (χ4n) is 4.59. The van der Waals surface area contributed by atoms with Crippen molar-refractivity contribution in [3.05, 3.63) is 99.6 Å². The second-order valence-corrected chi connectivity index (χ2v) is 8.32. The van der Waals surface area contributed by atoms with Crippen LogP contribution < -0.4 is 0 Å². The summed E-state index contributed by atoms with van der Waals surface area (Å²) in [4.78, 5) is 11.8. The van der Waals surface area contributed by atoms with Crippen LogP contribution in [0.3, 0.4) is 0 Å². The van der Waals surface area contributed by atoms with E-state index in [0.717, 1.165) is 56.0 Å². The van der Waals surface area contributed by atoms with Gasteiger partial charge < -0.3 is 0 Å². The summed E-state index contributed by atoms with van der Waals surface area (Å²) in [5, 5.41) is 0.817. The summed E-state index contributed by atoms with van der Waals surface area (Å²) < 4.78 is 0. The van der Waals surface area contributed by atoms with Crippen LogP contribution in [0.4, 0.5) is 0 Å². The summed E-state index contributed by atoms with van der Waals surface area (Å²) in [6, 6.07) is 16.8. The summed E-state index contributed by atoms with van der Waals surface area (Å²) in [7, 11) is 0. The van der Waals surface area contributed by atoms with E-state index in [2.05, 4.69) is 46.3 Å². The molecular formula is C25H24ClN3. The lowest BCUT2D eigenvalue weighted by Crippen LogP contribution is -2.31. The monoisotopic (exact) mass is 401 g/mol. The van der Waals surface area contributed by atoms with E-state index in [4.69, 9.17) is 16.6 Å². The summed E-state index contributed by atoms with van der Waals surface area (Å²) in [5.41, 5.74) is 9.19. The lowest BCUT2D eigenvalue weighted by Gasteiger charge is -2.30. The summed E-state index contributed by atoms with van der Waals surface area (Å²) >= 11 is 6.33. The first-order chi connectivity index (χ1) is 14.3. The van der Waals surface area contributed by atoms with Crippen LogP contribution in [0.15, 0.2) is 66.5 Å². The normalized spacial score (nSPS) is 16.9. The number of rotatable bonds is 2. The van der Waals surface area contributed by atoms with Crippen LogP contribution in [0, 0.1) is 0 Å². The SMILES string of the molecule is Clc1ccc2c(c1)CCc1cccnc1C2=C1CCN(Cc2ccccn2)CC1. The van der Waals surface area contributed by atoms with Crippen molar-refractivity contribution in [2.24, 2.45) is 0 Å². The Bertz CT molecular complexity index is 1050. The molecule has 0 saturated carbocycles. The first-order valence-corrected chi connectivity index (χ1v) is 10.7. The summed E-state index contributed by atoms with van der Waals surface area (Å²) in [5.74, 6) is 0. The number of aryl methyl sites for hydroxylation is 2. The van der Waals surface area contributed by atoms with Crippen molar-refractivity contribution in [3.8, 4) is 0 Å². The van der Waals surface area contributed by atoms with Gasteiger partial charge in [0.05, 0.1) is 11.4 Å². The van der Waals surface area contributed by atoms with Gasteiger partial charge in [-0.2, -0.15) is 0 Å². The first-order valence-electron chi connectivity index (χ1n) is 10.4. The lowest BCUT2D eigenvalue weighted by atomic mass is 9.88. The second-order valence-electron chi connectivity index (χ2n) is 7.89. The Labute approximate surface area is 177 Å². The second kappa shape index (κ2) is 8.10. The minimum atomic E-state index is 0.817. The molecule has 4 heteroatoms. The number of halogens is 1.